The van der Waals surface area contributed by atoms with E-state index in [1.807, 2.05) is 0 Å². The van der Waals surface area contributed by atoms with E-state index >= 15 is 0 Å². The molecule has 10 nitrogen and oxygen atoms in total. The molecule has 38 heavy (non-hydrogen) atoms. The topological polar surface area (TPSA) is 137 Å². The number of aliphatic imine (C=N–C) groups is 1. The number of anilines is 1. The molecule has 1 saturated heterocycles. The number of carbonyl (C=O) groups is 2. The van der Waals surface area contributed by atoms with Crippen LogP contribution in [0.4, 0.5) is 14.6 Å². The molecule has 1 aliphatic carbocycles. The Kier molecular flexibility index (Phi) is 8.31. The highest BCUT2D eigenvalue weighted by molar-refractivity contribution is 8.26. The number of likely N-dealkylation sites (N-methyl/N-ethyl adjacent to an activating group) is 1. The minimum absolute atomic E-state index is 0. The molecule has 1 aromatic heterocycles. The number of methoxy groups -OCH3 is 1. The number of nitrogens with one attached hydrogen (secondary N) is 2. The summed E-state index contributed by atoms with van der Waals surface area (Å²) in [6.07, 6.45) is 3.17. The van der Waals surface area contributed by atoms with Gasteiger partial charge < -0.3 is 25.6 Å². The number of hydrogen-bond donors (Lipinski definition) is 3. The highest BCUT2D eigenvalue weighted by atomic mass is 32.2. The zero-order valence-corrected chi connectivity index (χ0v) is 21.6. The number of nitrogens with two attached hydrogens (primary N) is 1. The Morgan fingerprint density at radius 1 is 1.42 bits per heavy atom. The largest absolute Gasteiger partial charge is 0.495 e. The molecule has 1 saturated carbocycles. The van der Waals surface area contributed by atoms with Gasteiger partial charge in [0.2, 0.25) is 5.91 Å². The number of allylic oxidation sites excluding steroid dienone is 1. The average molecular weight is 546 g/mol. The second-order valence-electron chi connectivity index (χ2n) is 8.87. The van der Waals surface area contributed by atoms with Gasteiger partial charge in [-0.15, -0.1) is 0 Å². The number of thioether (sulfide) groups is 1. The molecule has 1 unspecified atom stereocenters. The van der Waals surface area contributed by atoms with E-state index in [1.165, 1.54) is 25.6 Å². The normalized spacial score (nSPS) is 19.8. The van der Waals surface area contributed by atoms with Gasteiger partial charge in [0.05, 0.1) is 19.2 Å². The average Bonchev–Trinajstić information content (AvgIpc) is 3.73. The Morgan fingerprint density at radius 3 is 2.84 bits per heavy atom. The molecule has 4 rings (SSSR count). The molecule has 1 aromatic rings. The second kappa shape index (κ2) is 11.6. The lowest BCUT2D eigenvalue weighted by Crippen LogP contribution is -2.48. The third-order valence-corrected chi connectivity index (χ3v) is 6.69. The molecule has 2 aliphatic heterocycles. The summed E-state index contributed by atoms with van der Waals surface area (Å²) in [6.45, 7) is 1.06. The maximum atomic E-state index is 13.6. The van der Waals surface area contributed by atoms with Crippen molar-refractivity contribution in [2.75, 3.05) is 38.7 Å². The van der Waals surface area contributed by atoms with Gasteiger partial charge in [0.25, 0.3) is 12.3 Å². The minimum atomic E-state index is -2.72. The van der Waals surface area contributed by atoms with Crippen LogP contribution in [0, 0.1) is 23.2 Å². The predicted molar refractivity (Wildman–Crippen MR) is 144 cm³/mol. The third kappa shape index (κ3) is 6.49. The molecule has 3 aliphatic rings. The van der Waals surface area contributed by atoms with E-state index in [1.54, 1.807) is 22.9 Å². The van der Waals surface area contributed by atoms with E-state index in [-0.39, 0.29) is 46.5 Å². The van der Waals surface area contributed by atoms with Gasteiger partial charge in [0.15, 0.2) is 5.17 Å². The molecule has 13 heteroatoms. The van der Waals surface area contributed by atoms with Gasteiger partial charge in [0, 0.05) is 51.0 Å². The molecule has 1 atom stereocenters. The fourth-order valence-corrected chi connectivity index (χ4v) is 4.22. The van der Waals surface area contributed by atoms with Crippen LogP contribution in [0.2, 0.25) is 0 Å². The minimum Gasteiger partial charge on any atom is -0.495 e. The zero-order chi connectivity index (χ0) is 27.4. The number of amides is 2. The number of alkyl halides is 2. The highest BCUT2D eigenvalue weighted by Gasteiger charge is 2.29. The van der Waals surface area contributed by atoms with Gasteiger partial charge in [-0.2, -0.15) is 4.99 Å². The predicted octanol–water partition coefficient (Wildman–Crippen LogP) is 2.29. The van der Waals surface area contributed by atoms with Crippen LogP contribution in [0.3, 0.4) is 0 Å². The van der Waals surface area contributed by atoms with Crippen molar-refractivity contribution in [1.29, 1.82) is 5.41 Å². The molecule has 3 heterocycles. The first-order chi connectivity index (χ1) is 18.2. The van der Waals surface area contributed by atoms with Crippen molar-refractivity contribution < 1.29 is 24.5 Å². The van der Waals surface area contributed by atoms with Crippen LogP contribution in [0.25, 0.3) is 5.57 Å². The number of nitrogens with zero attached hydrogens (tertiary/aromatic N) is 4. The highest BCUT2D eigenvalue weighted by Crippen LogP contribution is 2.33. The number of piperazine rings is 1. The molecular weight excluding hydrogens is 516 g/mol. The molecule has 0 bridgehead atoms. The third-order valence-electron chi connectivity index (χ3n) is 6.09. The van der Waals surface area contributed by atoms with Gasteiger partial charge >= 0.3 is 0 Å². The Hall–Kier alpha value is -3.92. The fraction of sp³-hybridized carbons (Fsp3) is 0.400. The first-order valence-electron chi connectivity index (χ1n) is 11.8. The van der Waals surface area contributed by atoms with Gasteiger partial charge in [-0.25, -0.2) is 13.8 Å². The number of halogens is 2. The molecular formula is C25H29F2N7O3S. The number of hydrogen-bond acceptors (Lipinski definition) is 8. The standard InChI is InChI=1S/C25H27F2N7O3S.H2/c1-33-7-8-34(13-22(33)35)21-10-15(16-9-18(23(26)27)30-12-19(16)37-2)17(11-31-21)24(36)32-25(29)38-20(28)6-5-14-3-4-14;/h9-12,14,18,23,28,30H,3-4,7-8,13H2,1-2H3,(H2,29,32,36);1H. The fourth-order valence-electron chi connectivity index (χ4n) is 3.77. The van der Waals surface area contributed by atoms with Crippen LogP contribution in [0.1, 0.15) is 30.2 Å². The van der Waals surface area contributed by atoms with Crippen LogP contribution < -0.4 is 16.0 Å². The van der Waals surface area contributed by atoms with Crippen LogP contribution in [-0.4, -0.2) is 78.2 Å². The summed E-state index contributed by atoms with van der Waals surface area (Å²) >= 11 is 0.755. The van der Waals surface area contributed by atoms with Gasteiger partial charge in [-0.1, -0.05) is 5.92 Å². The quantitative estimate of drug-likeness (QED) is 0.291. The van der Waals surface area contributed by atoms with Crippen molar-refractivity contribution in [3.8, 4) is 11.8 Å². The van der Waals surface area contributed by atoms with E-state index in [4.69, 9.17) is 15.9 Å². The Morgan fingerprint density at radius 2 is 2.18 bits per heavy atom. The summed E-state index contributed by atoms with van der Waals surface area (Å²) in [5, 5.41) is 10.3. The lowest BCUT2D eigenvalue weighted by atomic mass is 9.95. The monoisotopic (exact) mass is 545 g/mol. The van der Waals surface area contributed by atoms with E-state index < -0.39 is 18.4 Å². The van der Waals surface area contributed by atoms with Crippen LogP contribution in [0.5, 0.6) is 0 Å². The number of ether oxygens (including phenoxy) is 1. The Labute approximate surface area is 224 Å². The number of amidine groups is 1. The van der Waals surface area contributed by atoms with Gasteiger partial charge in [0.1, 0.15) is 22.7 Å². The van der Waals surface area contributed by atoms with E-state index in [2.05, 4.69) is 27.1 Å². The van der Waals surface area contributed by atoms with Crippen LogP contribution >= 0.6 is 11.8 Å². The van der Waals surface area contributed by atoms with E-state index in [0.29, 0.717) is 24.8 Å². The summed E-state index contributed by atoms with van der Waals surface area (Å²) < 4.78 is 32.6. The van der Waals surface area contributed by atoms with Gasteiger partial charge in [-0.05, 0) is 42.7 Å². The lowest BCUT2D eigenvalue weighted by Gasteiger charge is -2.33. The first-order valence-corrected chi connectivity index (χ1v) is 12.6. The molecule has 2 amide bonds. The summed E-state index contributed by atoms with van der Waals surface area (Å²) in [7, 11) is 3.09. The van der Waals surface area contributed by atoms with Crippen molar-refractivity contribution in [3.63, 3.8) is 0 Å². The van der Waals surface area contributed by atoms with Crippen molar-refractivity contribution in [3.05, 3.63) is 41.4 Å². The molecule has 4 N–H and O–H groups in total. The van der Waals surface area contributed by atoms with Crippen LogP contribution in [0.15, 0.2) is 35.3 Å². The molecule has 0 aromatic carbocycles. The van der Waals surface area contributed by atoms with E-state index in [9.17, 15) is 18.4 Å². The Balaban J connectivity index is 0.00000420. The number of pyridine rings is 1. The molecule has 202 valence electrons. The summed E-state index contributed by atoms with van der Waals surface area (Å²) in [5.74, 6) is 5.69. The molecule has 0 spiro atoms. The lowest BCUT2D eigenvalue weighted by molar-refractivity contribution is -0.129. The summed E-state index contributed by atoms with van der Waals surface area (Å²) in [4.78, 5) is 37.1. The number of dihydropyridines is 1. The second-order valence-corrected chi connectivity index (χ2v) is 9.91. The summed E-state index contributed by atoms with van der Waals surface area (Å²) in [5.41, 5.74) is 6.40. The van der Waals surface area contributed by atoms with Crippen LogP contribution in [-0.2, 0) is 9.53 Å². The zero-order valence-electron chi connectivity index (χ0n) is 20.8. The molecule has 0 radical (unpaired) electrons. The Bertz CT molecular complexity index is 1300. The van der Waals surface area contributed by atoms with Crippen molar-refractivity contribution in [2.24, 2.45) is 16.6 Å². The summed E-state index contributed by atoms with van der Waals surface area (Å²) in [6, 6.07) is 0.240. The van der Waals surface area contributed by atoms with E-state index in [0.717, 1.165) is 24.6 Å². The number of aromatic nitrogens is 1. The van der Waals surface area contributed by atoms with Gasteiger partial charge in [-0.3, -0.25) is 15.0 Å². The number of rotatable bonds is 5. The maximum absolute atomic E-state index is 13.6. The van der Waals surface area contributed by atoms with Crippen molar-refractivity contribution >= 4 is 45.2 Å². The van der Waals surface area contributed by atoms with Crippen molar-refractivity contribution in [2.45, 2.75) is 25.3 Å². The SMILES string of the molecule is COC1=CNC(C(F)F)C=C1c1cc(N2CCN(C)C(=O)C2)ncc1C(=O)N=C(N)SC(=N)C#CC1CC1.[HH]. The maximum Gasteiger partial charge on any atom is 0.281 e. The first kappa shape index (κ1) is 27.1. The van der Waals surface area contributed by atoms with Crippen molar-refractivity contribution in [1.82, 2.24) is 15.2 Å². The molecule has 2 fully saturated rings. The number of carbonyl (C=O) groups excluding carboxylic acids is 2. The smallest absolute Gasteiger partial charge is 0.281 e.